The lowest BCUT2D eigenvalue weighted by Crippen LogP contribution is -1.84. The van der Waals surface area contributed by atoms with Gasteiger partial charge >= 0.3 is 0 Å². The van der Waals surface area contributed by atoms with Crippen LogP contribution < -0.4 is 0 Å². The van der Waals surface area contributed by atoms with E-state index in [2.05, 4.69) is 4.98 Å². The van der Waals surface area contributed by atoms with Crippen LogP contribution in [-0.4, -0.2) is 4.98 Å². The van der Waals surface area contributed by atoms with Gasteiger partial charge in [0.05, 0.1) is 22.5 Å². The smallest absolute Gasteiger partial charge is 0.126 e. The number of aromatic nitrogens is 1. The minimum Gasteiger partial charge on any atom is -0.465 e. The second-order valence-electron chi connectivity index (χ2n) is 3.89. The van der Waals surface area contributed by atoms with Crippen molar-refractivity contribution in [3.05, 3.63) is 65.2 Å². The van der Waals surface area contributed by atoms with Gasteiger partial charge < -0.3 is 4.42 Å². The topological polar surface area (TPSA) is 26.0 Å². The Morgan fingerprint density at radius 2 is 1.94 bits per heavy atom. The predicted molar refractivity (Wildman–Crippen MR) is 74.4 cm³/mol. The van der Waals surface area contributed by atoms with Crippen molar-refractivity contribution in [1.82, 2.24) is 4.98 Å². The molecule has 3 rings (SSSR count). The van der Waals surface area contributed by atoms with E-state index < -0.39 is 0 Å². The SMILES string of the molecule is Clc1cc(/C=C/c2ccco2)nc2ccccc12. The van der Waals surface area contributed by atoms with E-state index in [0.717, 1.165) is 22.4 Å². The molecule has 0 spiro atoms. The summed E-state index contributed by atoms with van der Waals surface area (Å²) in [6, 6.07) is 13.4. The van der Waals surface area contributed by atoms with Crippen LogP contribution in [0.4, 0.5) is 0 Å². The van der Waals surface area contributed by atoms with Crippen molar-refractivity contribution >= 4 is 34.7 Å². The zero-order valence-corrected chi connectivity index (χ0v) is 10.3. The molecule has 0 aliphatic heterocycles. The summed E-state index contributed by atoms with van der Waals surface area (Å²) in [5.41, 5.74) is 1.71. The first-order valence-corrected chi connectivity index (χ1v) is 5.97. The Balaban J connectivity index is 2.03. The van der Waals surface area contributed by atoms with Crippen molar-refractivity contribution in [3.63, 3.8) is 0 Å². The monoisotopic (exact) mass is 255 g/mol. The van der Waals surface area contributed by atoms with Crippen LogP contribution in [0.15, 0.2) is 53.1 Å². The highest BCUT2D eigenvalue weighted by Crippen LogP contribution is 2.23. The Bertz CT molecular complexity index is 702. The average Bonchev–Trinajstić information content (AvgIpc) is 2.90. The number of pyridine rings is 1. The minimum atomic E-state index is 0.708. The van der Waals surface area contributed by atoms with Crippen LogP contribution in [0.5, 0.6) is 0 Å². The lowest BCUT2D eigenvalue weighted by Gasteiger charge is -2.01. The molecule has 0 bridgehead atoms. The molecular formula is C15H10ClNO. The summed E-state index contributed by atoms with van der Waals surface area (Å²) < 4.78 is 5.23. The molecule has 1 aromatic carbocycles. The number of furan rings is 1. The van der Waals surface area contributed by atoms with Crippen molar-refractivity contribution in [2.45, 2.75) is 0 Å². The Hall–Kier alpha value is -2.06. The van der Waals surface area contributed by atoms with Crippen LogP contribution in [0.1, 0.15) is 11.5 Å². The predicted octanol–water partition coefficient (Wildman–Crippen LogP) is 4.65. The molecule has 0 atom stereocenters. The third-order valence-corrected chi connectivity index (χ3v) is 2.96. The highest BCUT2D eigenvalue weighted by Gasteiger charge is 2.01. The van der Waals surface area contributed by atoms with Crippen LogP contribution >= 0.6 is 11.6 Å². The first kappa shape index (κ1) is 11.1. The van der Waals surface area contributed by atoms with Crippen molar-refractivity contribution in [1.29, 1.82) is 0 Å². The van der Waals surface area contributed by atoms with Gasteiger partial charge in [-0.1, -0.05) is 29.8 Å². The van der Waals surface area contributed by atoms with E-state index in [0.29, 0.717) is 5.02 Å². The van der Waals surface area contributed by atoms with Gasteiger partial charge in [0.2, 0.25) is 0 Å². The van der Waals surface area contributed by atoms with Crippen LogP contribution in [0.3, 0.4) is 0 Å². The van der Waals surface area contributed by atoms with E-state index in [4.69, 9.17) is 16.0 Å². The number of para-hydroxylation sites is 1. The molecule has 3 aromatic rings. The van der Waals surface area contributed by atoms with Gasteiger partial charge in [0.1, 0.15) is 5.76 Å². The Morgan fingerprint density at radius 1 is 1.06 bits per heavy atom. The maximum absolute atomic E-state index is 6.23. The van der Waals surface area contributed by atoms with Crippen molar-refractivity contribution in [2.24, 2.45) is 0 Å². The van der Waals surface area contributed by atoms with Crippen molar-refractivity contribution < 1.29 is 4.42 Å². The maximum Gasteiger partial charge on any atom is 0.126 e. The molecule has 0 saturated heterocycles. The quantitative estimate of drug-likeness (QED) is 0.666. The zero-order chi connectivity index (χ0) is 12.4. The standard InChI is InChI=1S/C15H10ClNO/c16-14-10-11(7-8-12-4-3-9-18-12)17-15-6-2-1-5-13(14)15/h1-10H/b8-7+. The lowest BCUT2D eigenvalue weighted by atomic mass is 10.2. The van der Waals surface area contributed by atoms with E-state index in [1.807, 2.05) is 54.6 Å². The van der Waals surface area contributed by atoms with Crippen LogP contribution in [0.2, 0.25) is 5.02 Å². The Morgan fingerprint density at radius 3 is 2.78 bits per heavy atom. The molecule has 0 unspecified atom stereocenters. The third kappa shape index (κ3) is 2.15. The van der Waals surface area contributed by atoms with Gasteiger partial charge in [0.15, 0.2) is 0 Å². The summed E-state index contributed by atoms with van der Waals surface area (Å²) in [6.07, 6.45) is 5.39. The molecule has 0 amide bonds. The number of fused-ring (bicyclic) bond motifs is 1. The average molecular weight is 256 g/mol. The van der Waals surface area contributed by atoms with Crippen molar-refractivity contribution in [3.8, 4) is 0 Å². The molecule has 0 aliphatic rings. The molecule has 2 aromatic heterocycles. The summed E-state index contributed by atoms with van der Waals surface area (Å²) in [4.78, 5) is 4.52. The Labute approximate surface area is 110 Å². The number of benzene rings is 1. The van der Waals surface area contributed by atoms with Gasteiger partial charge in [-0.05, 0) is 36.4 Å². The van der Waals surface area contributed by atoms with E-state index in [1.165, 1.54) is 0 Å². The van der Waals surface area contributed by atoms with Gasteiger partial charge in [-0.25, -0.2) is 4.98 Å². The van der Waals surface area contributed by atoms with Gasteiger partial charge in [-0.2, -0.15) is 0 Å². The number of halogens is 1. The summed E-state index contributed by atoms with van der Waals surface area (Å²) >= 11 is 6.23. The summed E-state index contributed by atoms with van der Waals surface area (Å²) in [7, 11) is 0. The number of hydrogen-bond donors (Lipinski definition) is 0. The van der Waals surface area contributed by atoms with E-state index >= 15 is 0 Å². The summed E-state index contributed by atoms with van der Waals surface area (Å²) in [5.74, 6) is 0.793. The van der Waals surface area contributed by atoms with Crippen LogP contribution in [0.25, 0.3) is 23.1 Å². The molecule has 0 N–H and O–H groups in total. The second kappa shape index (κ2) is 4.67. The number of rotatable bonds is 2. The largest absolute Gasteiger partial charge is 0.465 e. The normalized spacial score (nSPS) is 11.4. The molecule has 0 saturated carbocycles. The lowest BCUT2D eigenvalue weighted by molar-refractivity contribution is 0.557. The molecule has 0 fully saturated rings. The van der Waals surface area contributed by atoms with E-state index in [9.17, 15) is 0 Å². The van der Waals surface area contributed by atoms with Gasteiger partial charge in [-0.3, -0.25) is 0 Å². The highest BCUT2D eigenvalue weighted by molar-refractivity contribution is 6.35. The maximum atomic E-state index is 6.23. The van der Waals surface area contributed by atoms with Crippen molar-refractivity contribution in [2.75, 3.05) is 0 Å². The zero-order valence-electron chi connectivity index (χ0n) is 9.51. The first-order valence-electron chi connectivity index (χ1n) is 5.60. The van der Waals surface area contributed by atoms with Gasteiger partial charge in [-0.15, -0.1) is 0 Å². The Kier molecular flexibility index (Phi) is 2.87. The summed E-state index contributed by atoms with van der Waals surface area (Å²) in [5, 5.41) is 1.68. The first-order chi connectivity index (χ1) is 8.83. The molecular weight excluding hydrogens is 246 g/mol. The fourth-order valence-corrected chi connectivity index (χ4v) is 2.06. The van der Waals surface area contributed by atoms with Gasteiger partial charge in [0, 0.05) is 5.39 Å². The third-order valence-electron chi connectivity index (χ3n) is 2.65. The minimum absolute atomic E-state index is 0.708. The number of hydrogen-bond acceptors (Lipinski definition) is 2. The highest BCUT2D eigenvalue weighted by atomic mass is 35.5. The molecule has 18 heavy (non-hydrogen) atoms. The molecule has 2 nitrogen and oxygen atoms in total. The van der Waals surface area contributed by atoms with E-state index in [1.54, 1.807) is 6.26 Å². The fraction of sp³-hybridized carbons (Fsp3) is 0. The molecule has 2 heterocycles. The van der Waals surface area contributed by atoms with Crippen LogP contribution in [-0.2, 0) is 0 Å². The number of nitrogens with zero attached hydrogens (tertiary/aromatic N) is 1. The summed E-state index contributed by atoms with van der Waals surface area (Å²) in [6.45, 7) is 0. The van der Waals surface area contributed by atoms with Crippen LogP contribution in [0, 0.1) is 0 Å². The fourth-order valence-electron chi connectivity index (χ4n) is 1.79. The van der Waals surface area contributed by atoms with Gasteiger partial charge in [0.25, 0.3) is 0 Å². The molecule has 88 valence electrons. The molecule has 0 aliphatic carbocycles. The molecule has 3 heteroatoms. The van der Waals surface area contributed by atoms with E-state index in [-0.39, 0.29) is 0 Å². The second-order valence-corrected chi connectivity index (χ2v) is 4.30. The molecule has 0 radical (unpaired) electrons.